The molecular formula is C12H26S3. The smallest absolute Gasteiger partial charge is 0.0105 e. The molecular weight excluding hydrogens is 240 g/mol. The number of hydrogen-bond acceptors (Lipinski definition) is 3. The molecule has 0 saturated heterocycles. The predicted molar refractivity (Wildman–Crippen MR) is 82.0 cm³/mol. The first-order valence-corrected chi connectivity index (χ1v) is 7.99. The van der Waals surface area contributed by atoms with E-state index in [9.17, 15) is 0 Å². The van der Waals surface area contributed by atoms with Crippen LogP contribution in [0.4, 0.5) is 0 Å². The minimum absolute atomic E-state index is 0.503. The van der Waals surface area contributed by atoms with Crippen LogP contribution >= 0.6 is 37.9 Å². The van der Waals surface area contributed by atoms with E-state index in [4.69, 9.17) is 0 Å². The second-order valence-electron chi connectivity index (χ2n) is 4.18. The van der Waals surface area contributed by atoms with Gasteiger partial charge >= 0.3 is 0 Å². The van der Waals surface area contributed by atoms with Gasteiger partial charge in [0.1, 0.15) is 0 Å². The Bertz CT molecular complexity index is 117. The summed E-state index contributed by atoms with van der Waals surface area (Å²) < 4.78 is 0. The summed E-state index contributed by atoms with van der Waals surface area (Å²) in [4.78, 5) is 0. The fraction of sp³-hybridized carbons (Fsp3) is 1.00. The van der Waals surface area contributed by atoms with Crippen molar-refractivity contribution in [1.82, 2.24) is 0 Å². The molecule has 0 aromatic rings. The summed E-state index contributed by atoms with van der Waals surface area (Å²) in [5, 5.41) is 0.503. The van der Waals surface area contributed by atoms with Crippen molar-refractivity contribution < 1.29 is 0 Å². The Morgan fingerprint density at radius 1 is 0.667 bits per heavy atom. The molecule has 0 bridgehead atoms. The van der Waals surface area contributed by atoms with E-state index in [1.807, 2.05) is 0 Å². The van der Waals surface area contributed by atoms with E-state index < -0.39 is 0 Å². The largest absolute Gasteiger partial charge is 0.179 e. The minimum Gasteiger partial charge on any atom is -0.179 e. The minimum atomic E-state index is 0.503. The molecule has 0 aromatic heterocycles. The molecule has 0 heterocycles. The molecule has 0 spiro atoms. The highest BCUT2D eigenvalue weighted by Crippen LogP contribution is 2.13. The fourth-order valence-corrected chi connectivity index (χ4v) is 2.23. The van der Waals surface area contributed by atoms with Crippen LogP contribution in [0.15, 0.2) is 0 Å². The van der Waals surface area contributed by atoms with Gasteiger partial charge in [0.05, 0.1) is 0 Å². The van der Waals surface area contributed by atoms with Crippen LogP contribution in [-0.4, -0.2) is 16.8 Å². The topological polar surface area (TPSA) is 0 Å². The number of hydrogen-bond donors (Lipinski definition) is 3. The summed E-state index contributed by atoms with van der Waals surface area (Å²) in [5.41, 5.74) is 0. The molecule has 0 aliphatic rings. The molecule has 0 amide bonds. The van der Waals surface area contributed by atoms with Crippen LogP contribution in [0.3, 0.4) is 0 Å². The number of rotatable bonds is 11. The van der Waals surface area contributed by atoms with Crippen molar-refractivity contribution in [3.05, 3.63) is 0 Å². The van der Waals surface area contributed by atoms with E-state index in [1.54, 1.807) is 0 Å². The van der Waals surface area contributed by atoms with Crippen LogP contribution in [0.1, 0.15) is 57.8 Å². The van der Waals surface area contributed by atoms with E-state index in [0.29, 0.717) is 5.25 Å². The molecule has 0 aromatic carbocycles. The zero-order valence-corrected chi connectivity index (χ0v) is 12.4. The Labute approximate surface area is 112 Å². The average Bonchev–Trinajstić information content (AvgIpc) is 2.26. The molecule has 1 atom stereocenters. The van der Waals surface area contributed by atoms with Gasteiger partial charge in [-0.15, -0.1) is 0 Å². The first kappa shape index (κ1) is 16.1. The standard InChI is InChI=1S/C12H26S3/c13-10-8-6-4-2-1-3-5-7-9-12(15)11-14/h12-15H,1-11H2. The van der Waals surface area contributed by atoms with Crippen molar-refractivity contribution >= 4 is 37.9 Å². The molecule has 0 aliphatic carbocycles. The second-order valence-corrected chi connectivity index (χ2v) is 5.72. The molecule has 0 radical (unpaired) electrons. The van der Waals surface area contributed by atoms with Gasteiger partial charge in [-0.05, 0) is 18.6 Å². The molecule has 0 nitrogen and oxygen atoms in total. The summed E-state index contributed by atoms with van der Waals surface area (Å²) >= 11 is 12.9. The maximum atomic E-state index is 4.43. The lowest BCUT2D eigenvalue weighted by molar-refractivity contribution is 0.566. The highest BCUT2D eigenvalue weighted by atomic mass is 32.1. The van der Waals surface area contributed by atoms with E-state index in [2.05, 4.69) is 37.9 Å². The van der Waals surface area contributed by atoms with Crippen LogP contribution in [0, 0.1) is 0 Å². The van der Waals surface area contributed by atoms with Gasteiger partial charge in [0, 0.05) is 11.0 Å². The van der Waals surface area contributed by atoms with E-state index in [0.717, 1.165) is 11.5 Å². The molecule has 0 N–H and O–H groups in total. The SMILES string of the molecule is SCCCCCCCCCCC(S)CS. The molecule has 0 rings (SSSR count). The van der Waals surface area contributed by atoms with Crippen molar-refractivity contribution in [1.29, 1.82) is 0 Å². The van der Waals surface area contributed by atoms with Gasteiger partial charge in [-0.25, -0.2) is 0 Å². The molecule has 0 fully saturated rings. The van der Waals surface area contributed by atoms with Crippen molar-refractivity contribution in [2.45, 2.75) is 63.0 Å². The highest BCUT2D eigenvalue weighted by molar-refractivity contribution is 7.84. The molecule has 1 unspecified atom stereocenters. The summed E-state index contributed by atoms with van der Waals surface area (Å²) in [6.45, 7) is 0. The maximum absolute atomic E-state index is 4.43. The molecule has 0 saturated carbocycles. The van der Waals surface area contributed by atoms with Gasteiger partial charge in [0.15, 0.2) is 0 Å². The Morgan fingerprint density at radius 2 is 1.13 bits per heavy atom. The van der Waals surface area contributed by atoms with Crippen LogP contribution in [-0.2, 0) is 0 Å². The van der Waals surface area contributed by atoms with Crippen LogP contribution < -0.4 is 0 Å². The zero-order chi connectivity index (χ0) is 11.4. The van der Waals surface area contributed by atoms with Gasteiger partial charge in [-0.2, -0.15) is 37.9 Å². The summed E-state index contributed by atoms with van der Waals surface area (Å²) in [7, 11) is 0. The van der Waals surface area contributed by atoms with Crippen molar-refractivity contribution in [3.8, 4) is 0 Å². The van der Waals surface area contributed by atoms with Gasteiger partial charge < -0.3 is 0 Å². The zero-order valence-electron chi connectivity index (χ0n) is 9.70. The van der Waals surface area contributed by atoms with Crippen molar-refractivity contribution in [2.75, 3.05) is 11.5 Å². The third kappa shape index (κ3) is 13.0. The van der Waals surface area contributed by atoms with Crippen LogP contribution in [0.2, 0.25) is 0 Å². The quantitative estimate of drug-likeness (QED) is 0.352. The van der Waals surface area contributed by atoms with Gasteiger partial charge in [0.2, 0.25) is 0 Å². The predicted octanol–water partition coefficient (Wildman–Crippen LogP) is 4.66. The Balaban J connectivity index is 2.92. The summed E-state index contributed by atoms with van der Waals surface area (Å²) in [5.74, 6) is 1.96. The number of unbranched alkanes of at least 4 members (excludes halogenated alkanes) is 7. The summed E-state index contributed by atoms with van der Waals surface area (Å²) in [6, 6.07) is 0. The van der Waals surface area contributed by atoms with Gasteiger partial charge in [-0.3, -0.25) is 0 Å². The molecule has 15 heavy (non-hydrogen) atoms. The lowest BCUT2D eigenvalue weighted by atomic mass is 10.1. The lowest BCUT2D eigenvalue weighted by Gasteiger charge is -2.06. The Hall–Kier alpha value is 1.05. The molecule has 92 valence electrons. The van der Waals surface area contributed by atoms with E-state index in [1.165, 1.54) is 57.8 Å². The molecule has 3 heteroatoms. The third-order valence-electron chi connectivity index (χ3n) is 2.66. The van der Waals surface area contributed by atoms with Crippen molar-refractivity contribution in [3.63, 3.8) is 0 Å². The molecule has 0 aliphatic heterocycles. The first-order chi connectivity index (χ1) is 7.31. The van der Waals surface area contributed by atoms with Crippen molar-refractivity contribution in [2.24, 2.45) is 0 Å². The van der Waals surface area contributed by atoms with Gasteiger partial charge in [-0.1, -0.05) is 44.9 Å². The maximum Gasteiger partial charge on any atom is 0.0105 e. The van der Waals surface area contributed by atoms with Gasteiger partial charge in [0.25, 0.3) is 0 Å². The normalized spacial score (nSPS) is 13.0. The van der Waals surface area contributed by atoms with Crippen LogP contribution in [0.25, 0.3) is 0 Å². The average molecular weight is 267 g/mol. The van der Waals surface area contributed by atoms with E-state index >= 15 is 0 Å². The van der Waals surface area contributed by atoms with E-state index in [-0.39, 0.29) is 0 Å². The highest BCUT2D eigenvalue weighted by Gasteiger charge is 1.99. The third-order valence-corrected chi connectivity index (χ3v) is 4.14. The second kappa shape index (κ2) is 13.1. The summed E-state index contributed by atoms with van der Waals surface area (Å²) in [6.07, 6.45) is 12.2. The van der Waals surface area contributed by atoms with Crippen LogP contribution in [0.5, 0.6) is 0 Å². The lowest BCUT2D eigenvalue weighted by Crippen LogP contribution is -1.99. The first-order valence-electron chi connectivity index (χ1n) is 6.21. The monoisotopic (exact) mass is 266 g/mol. The fourth-order valence-electron chi connectivity index (χ4n) is 1.64. The Morgan fingerprint density at radius 3 is 1.60 bits per heavy atom. The Kier molecular flexibility index (Phi) is 14.0. The number of thiol groups is 3.